The van der Waals surface area contributed by atoms with Crippen molar-refractivity contribution in [1.29, 1.82) is 0 Å². The van der Waals surface area contributed by atoms with E-state index in [9.17, 15) is 18.0 Å². The van der Waals surface area contributed by atoms with E-state index in [1.165, 1.54) is 0 Å². The van der Waals surface area contributed by atoms with Gasteiger partial charge in [0, 0.05) is 13.1 Å². The summed E-state index contributed by atoms with van der Waals surface area (Å²) in [6.07, 6.45) is -5.83. The highest BCUT2D eigenvalue weighted by Crippen LogP contribution is 2.62. The van der Waals surface area contributed by atoms with E-state index in [2.05, 4.69) is 5.32 Å². The third-order valence-electron chi connectivity index (χ3n) is 4.90. The van der Waals surface area contributed by atoms with Gasteiger partial charge in [-0.15, -0.1) is 0 Å². The smallest absolute Gasteiger partial charge is 0.352 e. The van der Waals surface area contributed by atoms with Crippen LogP contribution in [0, 0.1) is 5.41 Å². The zero-order valence-electron chi connectivity index (χ0n) is 11.2. The normalized spacial score (nSPS) is 28.0. The number of ether oxygens (including phenoxy) is 1. The maximum atomic E-state index is 13.2. The molecule has 2 aliphatic heterocycles. The molecule has 3 nitrogen and oxygen atoms in total. The van der Waals surface area contributed by atoms with Crippen molar-refractivity contribution in [3.63, 3.8) is 0 Å². The zero-order valence-corrected chi connectivity index (χ0v) is 11.2. The molecule has 1 spiro atoms. The van der Waals surface area contributed by atoms with Crippen LogP contribution in [0.15, 0.2) is 24.3 Å². The molecule has 2 heterocycles. The lowest BCUT2D eigenvalue weighted by Crippen LogP contribution is -2.57. The molecular formula is C15H14F3NO2. The SMILES string of the molecule is O=C(C1OC2(CNC2)c2ccccc21)C1(C(F)(F)F)CC1. The molecule has 0 radical (unpaired) electrons. The number of nitrogens with one attached hydrogen (secondary N) is 1. The number of rotatable bonds is 2. The third-order valence-corrected chi connectivity index (χ3v) is 4.90. The molecule has 0 amide bonds. The molecule has 21 heavy (non-hydrogen) atoms. The van der Waals surface area contributed by atoms with Gasteiger partial charge in [0.1, 0.15) is 17.1 Å². The summed E-state index contributed by atoms with van der Waals surface area (Å²) >= 11 is 0. The Morgan fingerprint density at radius 1 is 1.24 bits per heavy atom. The molecule has 4 rings (SSSR count). The van der Waals surface area contributed by atoms with E-state index < -0.39 is 29.1 Å². The van der Waals surface area contributed by atoms with Gasteiger partial charge in [-0.2, -0.15) is 13.2 Å². The summed E-state index contributed by atoms with van der Waals surface area (Å²) in [6.45, 7) is 1.07. The number of benzene rings is 1. The number of ketones is 1. The Bertz CT molecular complexity index is 618. The summed E-state index contributed by atoms with van der Waals surface area (Å²) in [5, 5.41) is 3.07. The van der Waals surface area contributed by atoms with Gasteiger partial charge in [-0.05, 0) is 24.0 Å². The lowest BCUT2D eigenvalue weighted by Gasteiger charge is -2.39. The first-order chi connectivity index (χ1) is 9.90. The summed E-state index contributed by atoms with van der Waals surface area (Å²) < 4.78 is 45.4. The Hall–Kier alpha value is -1.40. The Labute approximate surface area is 119 Å². The molecular weight excluding hydrogens is 283 g/mol. The van der Waals surface area contributed by atoms with E-state index in [1.54, 1.807) is 12.1 Å². The summed E-state index contributed by atoms with van der Waals surface area (Å²) in [5.41, 5.74) is -1.37. The fourth-order valence-corrected chi connectivity index (χ4v) is 3.36. The minimum absolute atomic E-state index is 0.122. The van der Waals surface area contributed by atoms with Crippen molar-refractivity contribution in [3.05, 3.63) is 35.4 Å². The van der Waals surface area contributed by atoms with E-state index in [0.29, 0.717) is 18.7 Å². The van der Waals surface area contributed by atoms with Gasteiger partial charge in [0.2, 0.25) is 0 Å². The number of hydrogen-bond acceptors (Lipinski definition) is 3. The molecule has 1 saturated carbocycles. The fourth-order valence-electron chi connectivity index (χ4n) is 3.36. The van der Waals surface area contributed by atoms with Gasteiger partial charge >= 0.3 is 6.18 Å². The number of halogens is 3. The zero-order chi connectivity index (χ0) is 14.9. The fraction of sp³-hybridized carbons (Fsp3) is 0.533. The van der Waals surface area contributed by atoms with Gasteiger partial charge < -0.3 is 10.1 Å². The minimum atomic E-state index is -4.49. The Morgan fingerprint density at radius 3 is 2.43 bits per heavy atom. The maximum absolute atomic E-state index is 13.2. The topological polar surface area (TPSA) is 38.3 Å². The molecule has 3 aliphatic rings. The van der Waals surface area contributed by atoms with Crippen molar-refractivity contribution in [2.75, 3.05) is 13.1 Å². The van der Waals surface area contributed by atoms with Crippen LogP contribution in [0.1, 0.15) is 30.1 Å². The molecule has 1 aliphatic carbocycles. The van der Waals surface area contributed by atoms with E-state index in [-0.39, 0.29) is 12.8 Å². The highest BCUT2D eigenvalue weighted by atomic mass is 19.4. The van der Waals surface area contributed by atoms with Crippen molar-refractivity contribution in [3.8, 4) is 0 Å². The van der Waals surface area contributed by atoms with E-state index >= 15 is 0 Å². The number of Topliss-reactive ketones (excluding diaryl/α,β-unsaturated/α-hetero) is 1. The largest absolute Gasteiger partial charge is 0.401 e. The van der Waals surface area contributed by atoms with E-state index in [4.69, 9.17) is 4.74 Å². The predicted molar refractivity (Wildman–Crippen MR) is 67.5 cm³/mol. The number of carbonyl (C=O) groups is 1. The van der Waals surface area contributed by atoms with Crippen molar-refractivity contribution in [2.45, 2.75) is 30.7 Å². The molecule has 1 N–H and O–H groups in total. The quantitative estimate of drug-likeness (QED) is 0.911. The molecule has 2 fully saturated rings. The summed E-state index contributed by atoms with van der Waals surface area (Å²) in [7, 11) is 0. The van der Waals surface area contributed by atoms with Gasteiger partial charge in [-0.1, -0.05) is 24.3 Å². The van der Waals surface area contributed by atoms with Crippen LogP contribution in [0.5, 0.6) is 0 Å². The van der Waals surface area contributed by atoms with E-state index in [0.717, 1.165) is 5.56 Å². The molecule has 112 valence electrons. The molecule has 0 bridgehead atoms. The first-order valence-corrected chi connectivity index (χ1v) is 6.99. The lowest BCUT2D eigenvalue weighted by atomic mass is 9.85. The van der Waals surface area contributed by atoms with Crippen LogP contribution in [0.3, 0.4) is 0 Å². The van der Waals surface area contributed by atoms with Crippen LogP contribution in [-0.2, 0) is 15.1 Å². The van der Waals surface area contributed by atoms with Gasteiger partial charge in [0.15, 0.2) is 5.78 Å². The molecule has 1 unspecified atom stereocenters. The minimum Gasteiger partial charge on any atom is -0.352 e. The van der Waals surface area contributed by atoms with Crippen LogP contribution < -0.4 is 5.32 Å². The van der Waals surface area contributed by atoms with Gasteiger partial charge in [-0.25, -0.2) is 0 Å². The number of carbonyl (C=O) groups excluding carboxylic acids is 1. The van der Waals surface area contributed by atoms with Crippen molar-refractivity contribution in [1.82, 2.24) is 5.32 Å². The van der Waals surface area contributed by atoms with Crippen LogP contribution in [0.25, 0.3) is 0 Å². The molecule has 1 atom stereocenters. The first-order valence-electron chi connectivity index (χ1n) is 6.99. The van der Waals surface area contributed by atoms with Crippen molar-refractivity contribution < 1.29 is 22.7 Å². The Morgan fingerprint density at radius 2 is 1.90 bits per heavy atom. The van der Waals surface area contributed by atoms with Gasteiger partial charge in [-0.3, -0.25) is 4.79 Å². The maximum Gasteiger partial charge on any atom is 0.401 e. The highest BCUT2D eigenvalue weighted by molar-refractivity contribution is 5.93. The lowest BCUT2D eigenvalue weighted by molar-refractivity contribution is -0.202. The summed E-state index contributed by atoms with van der Waals surface area (Å²) in [4.78, 5) is 12.5. The van der Waals surface area contributed by atoms with Crippen LogP contribution in [-0.4, -0.2) is 25.0 Å². The standard InChI is InChI=1S/C15H14F3NO2/c16-15(17,18)13(5-6-13)12(20)11-9-3-1-2-4-10(9)14(21-11)7-19-8-14/h1-4,11,19H,5-8H2. The second-order valence-corrected chi connectivity index (χ2v) is 6.13. The van der Waals surface area contributed by atoms with E-state index in [1.807, 2.05) is 12.1 Å². The van der Waals surface area contributed by atoms with Crippen LogP contribution in [0.4, 0.5) is 13.2 Å². The average molecular weight is 297 g/mol. The highest BCUT2D eigenvalue weighted by Gasteiger charge is 2.70. The van der Waals surface area contributed by atoms with Crippen molar-refractivity contribution >= 4 is 5.78 Å². The Kier molecular flexibility index (Phi) is 2.44. The number of fused-ring (bicyclic) bond motifs is 2. The van der Waals surface area contributed by atoms with Gasteiger partial charge in [0.05, 0.1) is 0 Å². The monoisotopic (exact) mass is 297 g/mol. The second-order valence-electron chi connectivity index (χ2n) is 6.13. The predicted octanol–water partition coefficient (Wildman–Crippen LogP) is 2.47. The average Bonchev–Trinajstić information content (AvgIpc) is 3.13. The molecule has 1 aromatic carbocycles. The van der Waals surface area contributed by atoms with Crippen LogP contribution >= 0.6 is 0 Å². The van der Waals surface area contributed by atoms with Crippen LogP contribution in [0.2, 0.25) is 0 Å². The summed E-state index contributed by atoms with van der Waals surface area (Å²) in [6, 6.07) is 7.11. The molecule has 6 heteroatoms. The summed E-state index contributed by atoms with van der Waals surface area (Å²) in [5.74, 6) is -0.828. The number of alkyl halides is 3. The van der Waals surface area contributed by atoms with Gasteiger partial charge in [0.25, 0.3) is 0 Å². The third kappa shape index (κ3) is 1.60. The Balaban J connectivity index is 1.73. The van der Waals surface area contributed by atoms with Crippen molar-refractivity contribution in [2.24, 2.45) is 5.41 Å². The molecule has 0 aromatic heterocycles. The number of hydrogen-bond donors (Lipinski definition) is 1. The first kappa shape index (κ1) is 13.3. The second kappa shape index (κ2) is 3.87. The molecule has 1 aromatic rings. The molecule has 1 saturated heterocycles.